The molecule has 0 saturated carbocycles. The van der Waals surface area contributed by atoms with Crippen LogP contribution < -0.4 is 14.2 Å². The molecule has 0 spiro atoms. The van der Waals surface area contributed by atoms with E-state index in [1.54, 1.807) is 12.3 Å². The molecule has 0 unspecified atom stereocenters. The molecule has 0 aliphatic rings. The molecule has 4 nitrogen and oxygen atoms in total. The van der Waals surface area contributed by atoms with Gasteiger partial charge >= 0.3 is 0 Å². The van der Waals surface area contributed by atoms with Crippen LogP contribution in [0.15, 0.2) is 96.0 Å². The molecule has 0 aromatic heterocycles. The largest absolute Gasteiger partial charge is 0.490 e. The number of nitrogens with zero attached hydrogens (tertiary/aromatic N) is 1. The minimum absolute atomic E-state index is 0.349. The standard InChI is InChI=1S/C28H23Cl2NO3/c1-2-32-27-17-21(16-26(30)28(27)33-19-20-8-10-22(29)11-9-20)18-31-23-12-14-25(15-13-23)34-24-6-4-3-5-7-24/h3-18H,2,19H2,1H3. The Labute approximate surface area is 209 Å². The highest BCUT2D eigenvalue weighted by Gasteiger charge is 2.12. The lowest BCUT2D eigenvalue weighted by molar-refractivity contribution is 0.269. The Morgan fingerprint density at radius 1 is 0.794 bits per heavy atom. The van der Waals surface area contributed by atoms with Gasteiger partial charge in [-0.05, 0) is 78.7 Å². The zero-order valence-electron chi connectivity index (χ0n) is 18.6. The number of ether oxygens (including phenoxy) is 3. The van der Waals surface area contributed by atoms with Gasteiger partial charge in [-0.15, -0.1) is 0 Å². The molecule has 0 aliphatic carbocycles. The third-order valence-electron chi connectivity index (χ3n) is 4.81. The summed E-state index contributed by atoms with van der Waals surface area (Å²) < 4.78 is 17.6. The van der Waals surface area contributed by atoms with E-state index in [1.807, 2.05) is 91.9 Å². The van der Waals surface area contributed by atoms with E-state index in [9.17, 15) is 0 Å². The van der Waals surface area contributed by atoms with Crippen molar-refractivity contribution in [2.24, 2.45) is 4.99 Å². The molecule has 0 heterocycles. The quantitative estimate of drug-likeness (QED) is 0.220. The maximum Gasteiger partial charge on any atom is 0.180 e. The summed E-state index contributed by atoms with van der Waals surface area (Å²) in [6.45, 7) is 2.75. The van der Waals surface area contributed by atoms with Crippen LogP contribution in [0.5, 0.6) is 23.0 Å². The van der Waals surface area contributed by atoms with Gasteiger partial charge in [0.05, 0.1) is 17.3 Å². The third-order valence-corrected chi connectivity index (χ3v) is 5.34. The zero-order valence-corrected chi connectivity index (χ0v) is 20.1. The third kappa shape index (κ3) is 6.53. The predicted molar refractivity (Wildman–Crippen MR) is 139 cm³/mol. The Bertz CT molecular complexity index is 1240. The van der Waals surface area contributed by atoms with Gasteiger partial charge in [-0.1, -0.05) is 53.5 Å². The number of aliphatic imine (C=N–C) groups is 1. The summed E-state index contributed by atoms with van der Waals surface area (Å²) in [5, 5.41) is 1.13. The monoisotopic (exact) mass is 491 g/mol. The number of benzene rings is 4. The minimum Gasteiger partial charge on any atom is -0.490 e. The molecular formula is C28H23Cl2NO3. The van der Waals surface area contributed by atoms with Crippen molar-refractivity contribution in [3.8, 4) is 23.0 Å². The number of hydrogen-bond acceptors (Lipinski definition) is 4. The van der Waals surface area contributed by atoms with E-state index in [2.05, 4.69) is 4.99 Å². The normalized spacial score (nSPS) is 10.9. The summed E-state index contributed by atoms with van der Waals surface area (Å²) in [6.07, 6.45) is 1.74. The Balaban J connectivity index is 1.46. The summed E-state index contributed by atoms with van der Waals surface area (Å²) in [5.74, 6) is 2.60. The fraction of sp³-hybridized carbons (Fsp3) is 0.107. The molecular weight excluding hydrogens is 469 g/mol. The Morgan fingerprint density at radius 3 is 2.21 bits per heavy atom. The van der Waals surface area contributed by atoms with Gasteiger partial charge in [-0.25, -0.2) is 0 Å². The summed E-state index contributed by atoms with van der Waals surface area (Å²) in [5.41, 5.74) is 2.57. The maximum absolute atomic E-state index is 6.54. The number of para-hydroxylation sites is 1. The van der Waals surface area contributed by atoms with Crippen LogP contribution >= 0.6 is 23.2 Å². The second kappa shape index (κ2) is 11.6. The second-order valence-electron chi connectivity index (χ2n) is 7.35. The molecule has 0 saturated heterocycles. The fourth-order valence-corrected chi connectivity index (χ4v) is 3.58. The van der Waals surface area contributed by atoms with Crippen molar-refractivity contribution in [2.45, 2.75) is 13.5 Å². The highest BCUT2D eigenvalue weighted by atomic mass is 35.5. The topological polar surface area (TPSA) is 40.0 Å². The van der Waals surface area contributed by atoms with E-state index < -0.39 is 0 Å². The van der Waals surface area contributed by atoms with Gasteiger partial charge in [0.2, 0.25) is 0 Å². The van der Waals surface area contributed by atoms with Crippen molar-refractivity contribution in [3.05, 3.63) is 112 Å². The predicted octanol–water partition coefficient (Wildman–Crippen LogP) is 8.51. The Morgan fingerprint density at radius 2 is 1.50 bits per heavy atom. The smallest absolute Gasteiger partial charge is 0.180 e. The molecule has 4 aromatic carbocycles. The van der Waals surface area contributed by atoms with Gasteiger partial charge in [0, 0.05) is 11.2 Å². The van der Waals surface area contributed by atoms with Crippen LogP contribution in [0, 0.1) is 0 Å². The van der Waals surface area contributed by atoms with E-state index in [1.165, 1.54) is 0 Å². The molecule has 0 aliphatic heterocycles. The van der Waals surface area contributed by atoms with Crippen LogP contribution in [0.3, 0.4) is 0 Å². The minimum atomic E-state index is 0.349. The average Bonchev–Trinajstić information content (AvgIpc) is 2.85. The molecule has 4 aromatic rings. The molecule has 4 rings (SSSR count). The average molecular weight is 492 g/mol. The molecule has 172 valence electrons. The first-order valence-electron chi connectivity index (χ1n) is 10.8. The summed E-state index contributed by atoms with van der Waals surface area (Å²) in [7, 11) is 0. The lowest BCUT2D eigenvalue weighted by Crippen LogP contribution is -2.01. The van der Waals surface area contributed by atoms with Crippen LogP contribution in [-0.2, 0) is 6.61 Å². The van der Waals surface area contributed by atoms with Crippen molar-refractivity contribution in [1.82, 2.24) is 0 Å². The highest BCUT2D eigenvalue weighted by Crippen LogP contribution is 2.37. The highest BCUT2D eigenvalue weighted by molar-refractivity contribution is 6.32. The van der Waals surface area contributed by atoms with Gasteiger partial charge < -0.3 is 14.2 Å². The van der Waals surface area contributed by atoms with E-state index in [4.69, 9.17) is 37.4 Å². The maximum atomic E-state index is 6.54. The first-order chi connectivity index (χ1) is 16.6. The molecule has 0 N–H and O–H groups in total. The van der Waals surface area contributed by atoms with Crippen molar-refractivity contribution < 1.29 is 14.2 Å². The van der Waals surface area contributed by atoms with Crippen molar-refractivity contribution in [2.75, 3.05) is 6.61 Å². The van der Waals surface area contributed by atoms with Crippen molar-refractivity contribution >= 4 is 35.1 Å². The summed E-state index contributed by atoms with van der Waals surface area (Å²) >= 11 is 12.5. The van der Waals surface area contributed by atoms with Gasteiger partial charge in [-0.2, -0.15) is 0 Å². The number of rotatable bonds is 9. The van der Waals surface area contributed by atoms with Crippen LogP contribution in [-0.4, -0.2) is 12.8 Å². The number of hydrogen-bond donors (Lipinski definition) is 0. The fourth-order valence-electron chi connectivity index (χ4n) is 3.18. The lowest BCUT2D eigenvalue weighted by Gasteiger charge is -2.14. The molecule has 0 bridgehead atoms. The van der Waals surface area contributed by atoms with E-state index in [0.29, 0.717) is 34.8 Å². The number of halogens is 2. The second-order valence-corrected chi connectivity index (χ2v) is 8.19. The zero-order chi connectivity index (χ0) is 23.8. The van der Waals surface area contributed by atoms with Gasteiger partial charge in [0.25, 0.3) is 0 Å². The first-order valence-corrected chi connectivity index (χ1v) is 11.6. The van der Waals surface area contributed by atoms with E-state index in [0.717, 1.165) is 28.3 Å². The Kier molecular flexibility index (Phi) is 8.08. The summed E-state index contributed by atoms with van der Waals surface area (Å²) in [4.78, 5) is 4.55. The summed E-state index contributed by atoms with van der Waals surface area (Å²) in [6, 6.07) is 28.3. The van der Waals surface area contributed by atoms with Crippen LogP contribution in [0.2, 0.25) is 10.0 Å². The van der Waals surface area contributed by atoms with E-state index in [-0.39, 0.29) is 0 Å². The van der Waals surface area contributed by atoms with Gasteiger partial charge in [-0.3, -0.25) is 4.99 Å². The molecule has 6 heteroatoms. The lowest BCUT2D eigenvalue weighted by atomic mass is 10.2. The van der Waals surface area contributed by atoms with Crippen LogP contribution in [0.25, 0.3) is 0 Å². The van der Waals surface area contributed by atoms with Crippen molar-refractivity contribution in [3.63, 3.8) is 0 Å². The van der Waals surface area contributed by atoms with Crippen LogP contribution in [0.4, 0.5) is 5.69 Å². The van der Waals surface area contributed by atoms with E-state index >= 15 is 0 Å². The van der Waals surface area contributed by atoms with Crippen LogP contribution in [0.1, 0.15) is 18.1 Å². The Hall–Kier alpha value is -3.47. The van der Waals surface area contributed by atoms with Crippen molar-refractivity contribution in [1.29, 1.82) is 0 Å². The van der Waals surface area contributed by atoms with Gasteiger partial charge in [0.15, 0.2) is 11.5 Å². The molecule has 0 fully saturated rings. The molecule has 34 heavy (non-hydrogen) atoms. The molecule has 0 atom stereocenters. The van der Waals surface area contributed by atoms with Gasteiger partial charge in [0.1, 0.15) is 18.1 Å². The first kappa shape index (κ1) is 23.7. The SMILES string of the molecule is CCOc1cc(C=Nc2ccc(Oc3ccccc3)cc2)cc(Cl)c1OCc1ccc(Cl)cc1. The molecule has 0 radical (unpaired) electrons. The molecule has 0 amide bonds.